The maximum Gasteiger partial charge on any atom is -1.00 e. The summed E-state index contributed by atoms with van der Waals surface area (Å²) in [5, 5.41) is 0. The maximum absolute atomic E-state index is 2.53. The van der Waals surface area contributed by atoms with E-state index in [9.17, 15) is 0 Å². The van der Waals surface area contributed by atoms with Crippen molar-refractivity contribution in [3.63, 3.8) is 0 Å². The fraction of sp³-hybridized carbons (Fsp3) is 0.429. The number of hydrogen-bond donors (Lipinski definition) is 0. The monoisotopic (exact) mass is 376 g/mol. The molecule has 0 amide bonds. The summed E-state index contributed by atoms with van der Waals surface area (Å²) in [4.78, 5) is 0. The molecule has 0 spiro atoms. The summed E-state index contributed by atoms with van der Waals surface area (Å²) in [5.41, 5.74) is 3.07. The molecule has 2 rings (SSSR count). The van der Waals surface area contributed by atoms with E-state index in [2.05, 4.69) is 51.2 Å². The Kier molecular flexibility index (Phi) is 8.33. The van der Waals surface area contributed by atoms with Gasteiger partial charge in [-0.2, -0.15) is 0 Å². The van der Waals surface area contributed by atoms with E-state index in [1.165, 1.54) is 12.8 Å². The van der Waals surface area contributed by atoms with Gasteiger partial charge in [-0.3, -0.25) is 0 Å². The van der Waals surface area contributed by atoms with Gasteiger partial charge < -0.3 is 24.8 Å². The van der Waals surface area contributed by atoms with Crippen molar-refractivity contribution in [3.05, 3.63) is 42.0 Å². The standard InChI is InChI=1S/C7H9.C5H5.C2H6Si.2ClH.Zr/c1-6-4-3-5-7(6)2;1-2-4-5-3-1;1-3-2;;;/h4H,5H2,1-2H3;1-3H,4H2;1-2H3;2*1H;/q;;;;;+2/p-2. The smallest absolute Gasteiger partial charge is 1.00 e. The fourth-order valence-corrected chi connectivity index (χ4v) is 19.7. The van der Waals surface area contributed by atoms with Crippen molar-refractivity contribution in [1.82, 2.24) is 0 Å². The van der Waals surface area contributed by atoms with Crippen LogP contribution in [0.5, 0.6) is 0 Å². The Morgan fingerprint density at radius 3 is 2.17 bits per heavy atom. The summed E-state index contributed by atoms with van der Waals surface area (Å²) < 4.78 is 3.71. The molecule has 18 heavy (non-hydrogen) atoms. The van der Waals surface area contributed by atoms with Gasteiger partial charge in [-0.15, -0.1) is 0 Å². The molecule has 0 aromatic rings. The molecule has 4 heteroatoms. The first kappa shape index (κ1) is 18.6. The van der Waals surface area contributed by atoms with Crippen molar-refractivity contribution in [3.8, 4) is 0 Å². The summed E-state index contributed by atoms with van der Waals surface area (Å²) in [7, 11) is 0. The van der Waals surface area contributed by atoms with Gasteiger partial charge in [0.2, 0.25) is 0 Å². The van der Waals surface area contributed by atoms with Crippen LogP contribution in [-0.2, 0) is 20.4 Å². The molecular formula is C14H20Cl2SiZr. The maximum atomic E-state index is 2.53. The third kappa shape index (κ3) is 4.07. The van der Waals surface area contributed by atoms with Crippen molar-refractivity contribution in [2.45, 2.75) is 39.8 Å². The molecule has 0 radical (unpaired) electrons. The van der Waals surface area contributed by atoms with Gasteiger partial charge in [0.1, 0.15) is 0 Å². The first-order chi connectivity index (χ1) is 7.59. The van der Waals surface area contributed by atoms with Gasteiger partial charge in [-0.25, -0.2) is 0 Å². The zero-order valence-electron chi connectivity index (χ0n) is 11.5. The van der Waals surface area contributed by atoms with Gasteiger partial charge in [-0.1, -0.05) is 0 Å². The minimum atomic E-state index is -1.40. The topological polar surface area (TPSA) is 0 Å². The van der Waals surface area contributed by atoms with Crippen LogP contribution in [0, 0.1) is 0 Å². The number of allylic oxidation sites excluding steroid dienone is 8. The number of halogens is 2. The van der Waals surface area contributed by atoms with Crippen LogP contribution >= 0.6 is 0 Å². The molecule has 0 aliphatic heterocycles. The predicted molar refractivity (Wildman–Crippen MR) is 70.4 cm³/mol. The van der Waals surface area contributed by atoms with Gasteiger partial charge in [0, 0.05) is 0 Å². The first-order valence-corrected chi connectivity index (χ1v) is 14.6. The molecule has 0 fully saturated rings. The van der Waals surface area contributed by atoms with Crippen molar-refractivity contribution in [1.29, 1.82) is 0 Å². The molecule has 2 aliphatic carbocycles. The minimum Gasteiger partial charge on any atom is -1.00 e. The Labute approximate surface area is 131 Å². The Morgan fingerprint density at radius 1 is 1.11 bits per heavy atom. The van der Waals surface area contributed by atoms with E-state index >= 15 is 0 Å². The zero-order valence-corrected chi connectivity index (χ0v) is 16.4. The van der Waals surface area contributed by atoms with Crippen LogP contribution in [0.25, 0.3) is 0 Å². The average molecular weight is 379 g/mol. The van der Waals surface area contributed by atoms with Gasteiger partial charge >= 0.3 is 108 Å². The molecule has 0 nitrogen and oxygen atoms in total. The van der Waals surface area contributed by atoms with E-state index in [0.29, 0.717) is 0 Å². The van der Waals surface area contributed by atoms with E-state index in [0.717, 1.165) is 0 Å². The van der Waals surface area contributed by atoms with Crippen LogP contribution in [0.3, 0.4) is 0 Å². The molecule has 0 saturated carbocycles. The van der Waals surface area contributed by atoms with E-state index in [1.54, 1.807) is 11.1 Å². The van der Waals surface area contributed by atoms with Crippen LogP contribution in [0.4, 0.5) is 0 Å². The predicted octanol–water partition coefficient (Wildman–Crippen LogP) is -1.67. The summed E-state index contributed by atoms with van der Waals surface area (Å²) in [6.45, 7) is 9.64. The Hall–Kier alpha value is 0.640. The van der Waals surface area contributed by atoms with Gasteiger partial charge in [0.05, 0.1) is 0 Å². The second-order valence-electron chi connectivity index (χ2n) is 5.01. The number of rotatable bonds is 2. The molecule has 0 heterocycles. The summed E-state index contributed by atoms with van der Waals surface area (Å²) >= 11 is -1.40. The molecule has 0 saturated heterocycles. The molecule has 98 valence electrons. The molecule has 0 aromatic heterocycles. The molecule has 2 aliphatic rings. The molecule has 0 N–H and O–H groups in total. The summed E-state index contributed by atoms with van der Waals surface area (Å²) in [5.74, 6) is 0. The van der Waals surface area contributed by atoms with Crippen LogP contribution in [0.15, 0.2) is 42.0 Å². The van der Waals surface area contributed by atoms with Crippen LogP contribution in [0.2, 0.25) is 13.1 Å². The average Bonchev–Trinajstić information content (AvgIpc) is 2.79. The SMILES string of the molecule is CC1=C(C)C[C]([Zr+2]([C]2=CC=CC2)=[Si](C)C)=C1.[Cl-].[Cl-]. The van der Waals surface area contributed by atoms with Crippen LogP contribution in [0.1, 0.15) is 26.7 Å². The van der Waals surface area contributed by atoms with E-state index < -0.39 is 20.4 Å². The van der Waals surface area contributed by atoms with E-state index in [1.807, 2.05) is 6.56 Å². The molecule has 0 atom stereocenters. The third-order valence-corrected chi connectivity index (χ3v) is 20.5. The summed E-state index contributed by atoms with van der Waals surface area (Å²) in [6.07, 6.45) is 12.1. The van der Waals surface area contributed by atoms with Crippen molar-refractivity contribution in [2.24, 2.45) is 0 Å². The molecular weight excluding hydrogens is 358 g/mol. The largest absolute Gasteiger partial charge is 1.00 e. The van der Waals surface area contributed by atoms with Crippen LogP contribution in [-0.4, -0.2) is 5.43 Å². The molecule has 0 unspecified atom stereocenters. The van der Waals surface area contributed by atoms with Gasteiger partial charge in [-0.05, 0) is 0 Å². The fourth-order valence-electron chi connectivity index (χ4n) is 2.50. The van der Waals surface area contributed by atoms with Gasteiger partial charge in [0.15, 0.2) is 0 Å². The minimum absolute atomic E-state index is 0. The van der Waals surface area contributed by atoms with E-state index in [4.69, 9.17) is 0 Å². The third-order valence-electron chi connectivity index (χ3n) is 3.43. The van der Waals surface area contributed by atoms with Crippen molar-refractivity contribution < 1.29 is 45.2 Å². The molecule has 0 bridgehead atoms. The second-order valence-corrected chi connectivity index (χ2v) is 22.3. The van der Waals surface area contributed by atoms with Gasteiger partial charge in [0.25, 0.3) is 0 Å². The van der Waals surface area contributed by atoms with Crippen molar-refractivity contribution >= 4 is 5.43 Å². The molecule has 0 aromatic carbocycles. The Morgan fingerprint density at radius 2 is 1.78 bits per heavy atom. The Bertz CT molecular complexity index is 478. The quantitative estimate of drug-likeness (QED) is 0.504. The second kappa shape index (κ2) is 8.04. The number of hydrogen-bond acceptors (Lipinski definition) is 0. The summed E-state index contributed by atoms with van der Waals surface area (Å²) in [6, 6.07) is 0. The Balaban J connectivity index is 0.00000144. The van der Waals surface area contributed by atoms with Crippen LogP contribution < -0.4 is 24.8 Å². The first-order valence-electron chi connectivity index (χ1n) is 6.00. The van der Waals surface area contributed by atoms with E-state index in [-0.39, 0.29) is 30.2 Å². The zero-order chi connectivity index (χ0) is 11.7. The van der Waals surface area contributed by atoms with Crippen molar-refractivity contribution in [2.75, 3.05) is 0 Å². The normalized spacial score (nSPS) is 16.4.